The minimum absolute atomic E-state index is 0.0986. The van der Waals surface area contributed by atoms with E-state index in [-0.39, 0.29) is 11.1 Å². The van der Waals surface area contributed by atoms with E-state index in [2.05, 4.69) is 0 Å². The standard InChI is InChI=1S/C22H17N3O2S/c1-14-4-5-15(2)16(10-14)11-20-21(26)25(22(28-20)17(12-23)13-24)18-6-8-19(27-3)9-7-18/h4-11H,1-3H3/b20-11+. The van der Waals surface area contributed by atoms with Crippen LogP contribution in [0.25, 0.3) is 17.3 Å². The molecule has 0 amide bonds. The molecule has 0 aliphatic carbocycles. The Morgan fingerprint density at radius 2 is 1.79 bits per heavy atom. The number of thiazole rings is 1. The van der Waals surface area contributed by atoms with E-state index >= 15 is 0 Å². The molecule has 0 saturated carbocycles. The third-order valence-electron chi connectivity index (χ3n) is 4.31. The summed E-state index contributed by atoms with van der Waals surface area (Å²) in [4.78, 5) is 13.2. The topological polar surface area (TPSA) is 78.8 Å². The molecular formula is C22H17N3O2S. The quantitative estimate of drug-likeness (QED) is 0.692. The zero-order valence-electron chi connectivity index (χ0n) is 15.7. The third-order valence-corrected chi connectivity index (χ3v) is 5.41. The molecule has 0 aliphatic rings. The highest BCUT2D eigenvalue weighted by molar-refractivity contribution is 7.07. The van der Waals surface area contributed by atoms with Gasteiger partial charge in [-0.05, 0) is 55.3 Å². The highest BCUT2D eigenvalue weighted by Gasteiger charge is 2.11. The van der Waals surface area contributed by atoms with Gasteiger partial charge in [0.1, 0.15) is 22.6 Å². The Bertz CT molecular complexity index is 1280. The molecule has 6 heteroatoms. The van der Waals surface area contributed by atoms with E-state index in [4.69, 9.17) is 4.74 Å². The summed E-state index contributed by atoms with van der Waals surface area (Å²) < 4.78 is 7.35. The minimum atomic E-state index is -0.269. The molecule has 28 heavy (non-hydrogen) atoms. The van der Waals surface area contributed by atoms with Crippen LogP contribution in [0.15, 0.2) is 47.3 Å². The summed E-state index contributed by atoms with van der Waals surface area (Å²) in [5.41, 5.74) is 3.27. The Hall–Kier alpha value is -3.61. The van der Waals surface area contributed by atoms with Crippen LogP contribution in [-0.4, -0.2) is 11.7 Å². The van der Waals surface area contributed by atoms with Crippen molar-refractivity contribution in [1.82, 2.24) is 4.57 Å². The van der Waals surface area contributed by atoms with Crippen LogP contribution in [0.3, 0.4) is 0 Å². The number of rotatable bonds is 3. The lowest BCUT2D eigenvalue weighted by molar-refractivity contribution is 0.414. The summed E-state index contributed by atoms with van der Waals surface area (Å²) in [6.45, 7) is 3.97. The number of nitrogens with zero attached hydrogens (tertiary/aromatic N) is 3. The molecule has 2 aromatic carbocycles. The fraction of sp³-hybridized carbons (Fsp3) is 0.136. The molecule has 5 nitrogen and oxygen atoms in total. The number of benzene rings is 2. The highest BCUT2D eigenvalue weighted by Crippen LogP contribution is 2.14. The Labute approximate surface area is 166 Å². The van der Waals surface area contributed by atoms with Gasteiger partial charge >= 0.3 is 0 Å². The van der Waals surface area contributed by atoms with E-state index in [0.717, 1.165) is 28.0 Å². The molecule has 0 fully saturated rings. The molecular weight excluding hydrogens is 370 g/mol. The van der Waals surface area contributed by atoms with Gasteiger partial charge in [-0.3, -0.25) is 9.36 Å². The fourth-order valence-corrected chi connectivity index (χ4v) is 3.84. The zero-order chi connectivity index (χ0) is 20.3. The molecule has 0 radical (unpaired) electrons. The number of methoxy groups -OCH3 is 1. The van der Waals surface area contributed by atoms with Crippen LogP contribution in [0.5, 0.6) is 5.75 Å². The SMILES string of the molecule is COc1ccc(-n2c(=C(C#N)C#N)s/c(=C/c3cc(C)ccc3C)c2=O)cc1. The first-order valence-corrected chi connectivity index (χ1v) is 9.30. The lowest BCUT2D eigenvalue weighted by atomic mass is 10.1. The van der Waals surface area contributed by atoms with E-state index in [1.165, 1.54) is 4.57 Å². The molecule has 0 atom stereocenters. The maximum atomic E-state index is 13.2. The summed E-state index contributed by atoms with van der Waals surface area (Å²) in [6, 6.07) is 16.7. The second-order valence-electron chi connectivity index (χ2n) is 6.21. The van der Waals surface area contributed by atoms with Crippen LogP contribution in [-0.2, 0) is 0 Å². The fourth-order valence-electron chi connectivity index (χ4n) is 2.79. The van der Waals surface area contributed by atoms with E-state index < -0.39 is 0 Å². The number of aromatic nitrogens is 1. The molecule has 3 rings (SSSR count). The molecule has 0 spiro atoms. The molecule has 0 saturated heterocycles. The van der Waals surface area contributed by atoms with E-state index in [1.807, 2.05) is 50.3 Å². The van der Waals surface area contributed by atoms with Crippen LogP contribution in [0, 0.1) is 36.5 Å². The first kappa shape index (κ1) is 19.2. The van der Waals surface area contributed by atoms with E-state index in [9.17, 15) is 15.3 Å². The van der Waals surface area contributed by atoms with Crippen molar-refractivity contribution in [3.05, 3.63) is 78.7 Å². The van der Waals surface area contributed by atoms with Gasteiger partial charge < -0.3 is 4.74 Å². The number of aryl methyl sites for hydroxylation is 2. The van der Waals surface area contributed by atoms with Crippen molar-refractivity contribution in [2.75, 3.05) is 7.11 Å². The molecule has 0 N–H and O–H groups in total. The Morgan fingerprint density at radius 1 is 1.11 bits per heavy atom. The molecule has 3 aromatic rings. The molecule has 1 heterocycles. The van der Waals surface area contributed by atoms with Crippen LogP contribution in [0.2, 0.25) is 0 Å². The summed E-state index contributed by atoms with van der Waals surface area (Å²) in [5, 5.41) is 18.7. The van der Waals surface area contributed by atoms with Crippen molar-refractivity contribution in [2.24, 2.45) is 0 Å². The maximum absolute atomic E-state index is 13.2. The van der Waals surface area contributed by atoms with Crippen LogP contribution in [0.4, 0.5) is 0 Å². The Kier molecular flexibility index (Phi) is 5.44. The van der Waals surface area contributed by atoms with Crippen molar-refractivity contribution in [3.63, 3.8) is 0 Å². The molecule has 138 valence electrons. The Balaban J connectivity index is 2.37. The molecule has 0 unspecified atom stereocenters. The zero-order valence-corrected chi connectivity index (χ0v) is 16.5. The van der Waals surface area contributed by atoms with Crippen molar-refractivity contribution in [1.29, 1.82) is 10.5 Å². The lowest BCUT2D eigenvalue weighted by Gasteiger charge is -2.04. The number of ether oxygens (including phenoxy) is 1. The summed E-state index contributed by atoms with van der Waals surface area (Å²) >= 11 is 1.14. The average Bonchev–Trinajstić information content (AvgIpc) is 3.02. The first-order valence-electron chi connectivity index (χ1n) is 8.48. The van der Waals surface area contributed by atoms with Gasteiger partial charge in [-0.1, -0.05) is 23.8 Å². The average molecular weight is 387 g/mol. The van der Waals surface area contributed by atoms with Gasteiger partial charge in [0.05, 0.1) is 17.3 Å². The van der Waals surface area contributed by atoms with E-state index in [1.54, 1.807) is 31.4 Å². The summed E-state index contributed by atoms with van der Waals surface area (Å²) in [7, 11) is 1.56. The largest absolute Gasteiger partial charge is 0.497 e. The van der Waals surface area contributed by atoms with Gasteiger partial charge in [-0.25, -0.2) is 0 Å². The highest BCUT2D eigenvalue weighted by atomic mass is 32.1. The third kappa shape index (κ3) is 3.59. The number of hydrogen-bond donors (Lipinski definition) is 0. The van der Waals surface area contributed by atoms with Gasteiger partial charge in [-0.2, -0.15) is 10.5 Å². The van der Waals surface area contributed by atoms with Crippen molar-refractivity contribution >= 4 is 23.0 Å². The number of hydrogen-bond acceptors (Lipinski definition) is 5. The van der Waals surface area contributed by atoms with Crippen molar-refractivity contribution < 1.29 is 4.74 Å². The second kappa shape index (κ2) is 7.96. The van der Waals surface area contributed by atoms with Gasteiger partial charge in [0, 0.05) is 0 Å². The van der Waals surface area contributed by atoms with Gasteiger partial charge in [0.2, 0.25) is 0 Å². The molecule has 0 bridgehead atoms. The minimum Gasteiger partial charge on any atom is -0.497 e. The summed E-state index contributed by atoms with van der Waals surface area (Å²) in [6.07, 6.45) is 1.81. The lowest BCUT2D eigenvalue weighted by Crippen LogP contribution is -2.30. The summed E-state index contributed by atoms with van der Waals surface area (Å²) in [5.74, 6) is 0.653. The van der Waals surface area contributed by atoms with Crippen LogP contribution >= 0.6 is 11.3 Å². The maximum Gasteiger partial charge on any atom is 0.273 e. The van der Waals surface area contributed by atoms with Crippen LogP contribution < -0.4 is 19.5 Å². The smallest absolute Gasteiger partial charge is 0.273 e. The molecule has 1 aromatic heterocycles. The predicted molar refractivity (Wildman–Crippen MR) is 110 cm³/mol. The molecule has 0 aliphatic heterocycles. The Morgan fingerprint density at radius 3 is 2.39 bits per heavy atom. The van der Waals surface area contributed by atoms with E-state index in [0.29, 0.717) is 20.6 Å². The second-order valence-corrected chi connectivity index (χ2v) is 7.24. The van der Waals surface area contributed by atoms with Gasteiger partial charge in [0.25, 0.3) is 5.56 Å². The normalized spacial score (nSPS) is 11.0. The van der Waals surface area contributed by atoms with Crippen LogP contribution in [0.1, 0.15) is 16.7 Å². The van der Waals surface area contributed by atoms with Crippen molar-refractivity contribution in [2.45, 2.75) is 13.8 Å². The van der Waals surface area contributed by atoms with Gasteiger partial charge in [0.15, 0.2) is 5.57 Å². The first-order chi connectivity index (χ1) is 13.5. The number of nitriles is 2. The predicted octanol–water partition coefficient (Wildman–Crippen LogP) is 2.55. The van der Waals surface area contributed by atoms with Crippen molar-refractivity contribution in [3.8, 4) is 23.6 Å². The monoisotopic (exact) mass is 387 g/mol. The van der Waals surface area contributed by atoms with Gasteiger partial charge in [-0.15, -0.1) is 11.3 Å².